The van der Waals surface area contributed by atoms with Gasteiger partial charge in [0, 0.05) is 23.0 Å². The zero-order chi connectivity index (χ0) is 19.7. The predicted octanol–water partition coefficient (Wildman–Crippen LogP) is 3.14. The van der Waals surface area contributed by atoms with Gasteiger partial charge in [-0.25, -0.2) is 9.97 Å². The summed E-state index contributed by atoms with van der Waals surface area (Å²) in [5.41, 5.74) is 7.29. The van der Waals surface area contributed by atoms with Gasteiger partial charge >= 0.3 is 0 Å². The van der Waals surface area contributed by atoms with Gasteiger partial charge in [0.25, 0.3) is 0 Å². The fourth-order valence-corrected chi connectivity index (χ4v) is 3.05. The lowest BCUT2D eigenvalue weighted by Crippen LogP contribution is -2.11. The van der Waals surface area contributed by atoms with Gasteiger partial charge < -0.3 is 11.1 Å². The van der Waals surface area contributed by atoms with Gasteiger partial charge in [-0.05, 0) is 31.0 Å². The van der Waals surface area contributed by atoms with Gasteiger partial charge in [0.05, 0.1) is 41.1 Å². The topological polar surface area (TPSA) is 123 Å². The van der Waals surface area contributed by atoms with Crippen molar-refractivity contribution in [1.29, 1.82) is 5.26 Å². The molecule has 9 heteroatoms. The highest BCUT2D eigenvalue weighted by atomic mass is 35.5. The van der Waals surface area contributed by atoms with Crippen LogP contribution in [0.1, 0.15) is 23.2 Å². The Balaban J connectivity index is 1.58. The van der Waals surface area contributed by atoms with Gasteiger partial charge in [-0.2, -0.15) is 10.4 Å². The number of nitrogens with two attached hydrogens (primary N) is 1. The standard InChI is InChI=1S/C19H16ClN7O/c20-15-8-23-18(25-14-3-1-2-12(6-14)17(22)28)26-16(15)13-7-24-27(9-13)11-19(10-21)4-5-19/h1-3,6-9H,4-5,11H2,(H2,22,28)(H,23,25,26). The molecule has 1 saturated carbocycles. The number of aromatic nitrogens is 4. The van der Waals surface area contributed by atoms with Gasteiger partial charge in [0.2, 0.25) is 11.9 Å². The summed E-state index contributed by atoms with van der Waals surface area (Å²) < 4.78 is 1.74. The Hall–Kier alpha value is -3.44. The summed E-state index contributed by atoms with van der Waals surface area (Å²) in [6.45, 7) is 0.553. The van der Waals surface area contributed by atoms with Crippen molar-refractivity contribution in [2.75, 3.05) is 5.32 Å². The van der Waals surface area contributed by atoms with Gasteiger partial charge in [-0.3, -0.25) is 9.48 Å². The average molecular weight is 394 g/mol. The molecule has 0 atom stereocenters. The molecule has 140 valence electrons. The smallest absolute Gasteiger partial charge is 0.248 e. The number of carbonyl (C=O) groups is 1. The monoisotopic (exact) mass is 393 g/mol. The van der Waals surface area contributed by atoms with Crippen molar-refractivity contribution >= 4 is 29.1 Å². The molecule has 0 radical (unpaired) electrons. The number of hydrogen-bond acceptors (Lipinski definition) is 6. The van der Waals surface area contributed by atoms with E-state index in [-0.39, 0.29) is 5.41 Å². The number of benzene rings is 1. The van der Waals surface area contributed by atoms with Gasteiger partial charge in [-0.15, -0.1) is 0 Å². The molecule has 0 saturated heterocycles. The summed E-state index contributed by atoms with van der Waals surface area (Å²) in [6.07, 6.45) is 6.78. The van der Waals surface area contributed by atoms with E-state index in [0.717, 1.165) is 18.4 Å². The summed E-state index contributed by atoms with van der Waals surface area (Å²) >= 11 is 6.28. The van der Waals surface area contributed by atoms with E-state index in [0.29, 0.717) is 34.5 Å². The molecule has 0 aliphatic heterocycles. The van der Waals surface area contributed by atoms with Crippen LogP contribution in [-0.2, 0) is 6.54 Å². The molecule has 28 heavy (non-hydrogen) atoms. The lowest BCUT2D eigenvalue weighted by atomic mass is 10.1. The highest BCUT2D eigenvalue weighted by Crippen LogP contribution is 2.46. The maximum Gasteiger partial charge on any atom is 0.248 e. The molecule has 0 spiro atoms. The van der Waals surface area contributed by atoms with Crippen molar-refractivity contribution in [2.45, 2.75) is 19.4 Å². The highest BCUT2D eigenvalue weighted by molar-refractivity contribution is 6.32. The van der Waals surface area contributed by atoms with E-state index in [1.54, 1.807) is 35.1 Å². The SMILES string of the molecule is N#CC1(Cn2cc(-c3nc(Nc4cccc(C(N)=O)c4)ncc3Cl)cn2)CC1. The number of rotatable bonds is 6. The van der Waals surface area contributed by atoms with Crippen LogP contribution < -0.4 is 11.1 Å². The number of primary amides is 1. The van der Waals surface area contributed by atoms with Crippen LogP contribution >= 0.6 is 11.6 Å². The van der Waals surface area contributed by atoms with Crippen LogP contribution in [0.4, 0.5) is 11.6 Å². The molecule has 0 unspecified atom stereocenters. The minimum atomic E-state index is -0.514. The molecular formula is C19H16ClN7O. The normalized spacial score (nSPS) is 14.3. The first-order valence-electron chi connectivity index (χ1n) is 8.62. The number of amides is 1. The number of nitrogens with zero attached hydrogens (tertiary/aromatic N) is 5. The fraction of sp³-hybridized carbons (Fsp3) is 0.211. The lowest BCUT2D eigenvalue weighted by Gasteiger charge is -2.08. The van der Waals surface area contributed by atoms with Crippen molar-refractivity contribution in [2.24, 2.45) is 11.1 Å². The van der Waals surface area contributed by atoms with Crippen molar-refractivity contribution in [1.82, 2.24) is 19.7 Å². The van der Waals surface area contributed by atoms with Crippen LogP contribution in [0.3, 0.4) is 0 Å². The molecule has 1 amide bonds. The summed E-state index contributed by atoms with van der Waals surface area (Å²) in [6, 6.07) is 9.10. The molecule has 1 aromatic carbocycles. The van der Waals surface area contributed by atoms with Gasteiger partial charge in [0.1, 0.15) is 0 Å². The van der Waals surface area contributed by atoms with Crippen LogP contribution in [0.25, 0.3) is 11.3 Å². The third-order valence-corrected chi connectivity index (χ3v) is 4.89. The molecule has 2 heterocycles. The molecule has 3 N–H and O–H groups in total. The Labute approximate surface area is 166 Å². The van der Waals surface area contributed by atoms with Crippen LogP contribution in [0.5, 0.6) is 0 Å². The molecular weight excluding hydrogens is 378 g/mol. The quantitative estimate of drug-likeness (QED) is 0.663. The van der Waals surface area contributed by atoms with Crippen molar-refractivity contribution in [3.63, 3.8) is 0 Å². The zero-order valence-corrected chi connectivity index (χ0v) is 15.5. The molecule has 4 rings (SSSR count). The number of halogens is 1. The van der Waals surface area contributed by atoms with E-state index in [4.69, 9.17) is 17.3 Å². The van der Waals surface area contributed by atoms with E-state index in [9.17, 15) is 10.1 Å². The van der Waals surface area contributed by atoms with Crippen LogP contribution in [0, 0.1) is 16.7 Å². The van der Waals surface area contributed by atoms with Crippen molar-refractivity contribution in [3.8, 4) is 17.3 Å². The minimum absolute atomic E-state index is 0.295. The second kappa shape index (κ2) is 6.94. The molecule has 3 aromatic rings. The molecule has 1 fully saturated rings. The number of nitrogens with one attached hydrogen (secondary N) is 1. The average Bonchev–Trinajstić information content (AvgIpc) is 3.31. The molecule has 1 aliphatic carbocycles. The van der Waals surface area contributed by atoms with E-state index < -0.39 is 5.91 Å². The Morgan fingerprint density at radius 3 is 2.93 bits per heavy atom. The second-order valence-electron chi connectivity index (χ2n) is 6.78. The first kappa shape index (κ1) is 17.9. The summed E-state index contributed by atoms with van der Waals surface area (Å²) in [4.78, 5) is 20.0. The first-order valence-corrected chi connectivity index (χ1v) is 8.99. The highest BCUT2D eigenvalue weighted by Gasteiger charge is 2.43. The maximum absolute atomic E-state index is 11.3. The van der Waals surface area contributed by atoms with Crippen molar-refractivity contribution < 1.29 is 4.79 Å². The van der Waals surface area contributed by atoms with Gasteiger partial charge in [-0.1, -0.05) is 17.7 Å². The second-order valence-corrected chi connectivity index (χ2v) is 7.19. The number of anilines is 2. The zero-order valence-electron chi connectivity index (χ0n) is 14.8. The largest absolute Gasteiger partial charge is 0.366 e. The van der Waals surface area contributed by atoms with Gasteiger partial charge in [0.15, 0.2) is 0 Å². The summed E-state index contributed by atoms with van der Waals surface area (Å²) in [5, 5.41) is 17.0. The first-order chi connectivity index (χ1) is 13.5. The molecule has 1 aliphatic rings. The Kier molecular flexibility index (Phi) is 4.45. The molecule has 8 nitrogen and oxygen atoms in total. The maximum atomic E-state index is 11.3. The van der Waals surface area contributed by atoms with E-state index in [2.05, 4.69) is 26.5 Å². The Morgan fingerprint density at radius 1 is 1.39 bits per heavy atom. The third-order valence-electron chi connectivity index (χ3n) is 4.61. The van der Waals surface area contributed by atoms with Crippen LogP contribution in [0.2, 0.25) is 5.02 Å². The molecule has 2 aromatic heterocycles. The minimum Gasteiger partial charge on any atom is -0.366 e. The predicted molar refractivity (Wildman–Crippen MR) is 104 cm³/mol. The van der Waals surface area contributed by atoms with Crippen LogP contribution in [0.15, 0.2) is 42.9 Å². The number of nitriles is 1. The fourth-order valence-electron chi connectivity index (χ4n) is 2.85. The third kappa shape index (κ3) is 3.66. The number of hydrogen-bond donors (Lipinski definition) is 2. The van der Waals surface area contributed by atoms with E-state index in [1.165, 1.54) is 6.20 Å². The van der Waals surface area contributed by atoms with E-state index >= 15 is 0 Å². The summed E-state index contributed by atoms with van der Waals surface area (Å²) in [5.74, 6) is -0.191. The molecule has 0 bridgehead atoms. The Bertz CT molecular complexity index is 1100. The number of carbonyl (C=O) groups excluding carboxylic acids is 1. The van der Waals surface area contributed by atoms with Crippen LogP contribution in [-0.4, -0.2) is 25.7 Å². The summed E-state index contributed by atoms with van der Waals surface area (Å²) in [7, 11) is 0. The lowest BCUT2D eigenvalue weighted by molar-refractivity contribution is 0.100. The van der Waals surface area contributed by atoms with E-state index in [1.807, 2.05) is 6.20 Å². The Morgan fingerprint density at radius 2 is 2.21 bits per heavy atom. The van der Waals surface area contributed by atoms with Crippen molar-refractivity contribution in [3.05, 3.63) is 53.4 Å².